The van der Waals surface area contributed by atoms with E-state index in [2.05, 4.69) is 11.9 Å². The number of likely N-dealkylation sites (tertiary alicyclic amines) is 1. The average Bonchev–Trinajstić information content (AvgIpc) is 2.80. The zero-order valence-corrected chi connectivity index (χ0v) is 13.0. The van der Waals surface area contributed by atoms with Crippen molar-refractivity contribution in [3.63, 3.8) is 0 Å². The predicted octanol–water partition coefficient (Wildman–Crippen LogP) is 2.18. The number of hydrogen-bond acceptors (Lipinski definition) is 4. The first-order valence-electron chi connectivity index (χ1n) is 7.32. The van der Waals surface area contributed by atoms with Crippen LogP contribution in [-0.4, -0.2) is 55.5 Å². The van der Waals surface area contributed by atoms with Gasteiger partial charge in [0.2, 0.25) is 0 Å². The molecular formula is C15H28N2O3. The van der Waals surface area contributed by atoms with Crippen molar-refractivity contribution in [1.29, 1.82) is 0 Å². The number of nitrogens with one attached hydrogen (secondary N) is 1. The van der Waals surface area contributed by atoms with Gasteiger partial charge in [0.1, 0.15) is 5.60 Å². The van der Waals surface area contributed by atoms with E-state index < -0.39 is 5.60 Å². The van der Waals surface area contributed by atoms with Gasteiger partial charge in [0, 0.05) is 25.7 Å². The lowest BCUT2D eigenvalue weighted by molar-refractivity contribution is 0.0290. The van der Waals surface area contributed by atoms with Gasteiger partial charge in [-0.25, -0.2) is 4.79 Å². The molecular weight excluding hydrogens is 256 g/mol. The molecule has 0 spiro atoms. The van der Waals surface area contributed by atoms with Crippen LogP contribution in [0.2, 0.25) is 0 Å². The second kappa shape index (κ2) is 8.27. The molecule has 1 atom stereocenters. The van der Waals surface area contributed by atoms with Crippen molar-refractivity contribution >= 4 is 6.09 Å². The minimum atomic E-state index is -0.429. The van der Waals surface area contributed by atoms with Gasteiger partial charge in [-0.15, -0.1) is 6.58 Å². The molecule has 0 aromatic heterocycles. The van der Waals surface area contributed by atoms with E-state index in [1.807, 2.05) is 26.8 Å². The molecule has 1 fully saturated rings. The fourth-order valence-electron chi connectivity index (χ4n) is 2.02. The first kappa shape index (κ1) is 17.0. The third-order valence-electron chi connectivity index (χ3n) is 2.99. The van der Waals surface area contributed by atoms with E-state index in [-0.39, 0.29) is 6.09 Å². The number of hydrogen-bond donors (Lipinski definition) is 1. The Bertz CT molecular complexity index is 313. The molecule has 5 nitrogen and oxygen atoms in total. The van der Waals surface area contributed by atoms with Gasteiger partial charge in [-0.2, -0.15) is 0 Å². The van der Waals surface area contributed by atoms with Crippen molar-refractivity contribution in [1.82, 2.24) is 10.2 Å². The monoisotopic (exact) mass is 284 g/mol. The van der Waals surface area contributed by atoms with Gasteiger partial charge in [-0.05, 0) is 33.6 Å². The maximum absolute atomic E-state index is 11.9. The summed E-state index contributed by atoms with van der Waals surface area (Å²) in [5.74, 6) is 0. The van der Waals surface area contributed by atoms with E-state index in [1.165, 1.54) is 0 Å². The molecule has 0 aliphatic carbocycles. The Kier molecular flexibility index (Phi) is 7.02. The van der Waals surface area contributed by atoms with Gasteiger partial charge >= 0.3 is 6.09 Å². The zero-order chi connectivity index (χ0) is 15.0. The van der Waals surface area contributed by atoms with Crippen LogP contribution in [0.15, 0.2) is 12.7 Å². The average molecular weight is 284 g/mol. The molecule has 1 amide bonds. The fraction of sp³-hybridized carbons (Fsp3) is 0.800. The summed E-state index contributed by atoms with van der Waals surface area (Å²) >= 11 is 0. The first-order valence-corrected chi connectivity index (χ1v) is 7.32. The number of nitrogens with zero attached hydrogens (tertiary/aromatic N) is 1. The zero-order valence-electron chi connectivity index (χ0n) is 13.0. The predicted molar refractivity (Wildman–Crippen MR) is 79.8 cm³/mol. The lowest BCUT2D eigenvalue weighted by Gasteiger charge is -2.24. The Balaban J connectivity index is 2.13. The highest BCUT2D eigenvalue weighted by Gasteiger charge is 2.29. The summed E-state index contributed by atoms with van der Waals surface area (Å²) in [7, 11) is 0. The molecule has 0 saturated carbocycles. The summed E-state index contributed by atoms with van der Waals surface area (Å²) in [6.07, 6.45) is 3.48. The molecule has 0 aromatic carbocycles. The van der Waals surface area contributed by atoms with E-state index in [9.17, 15) is 4.79 Å². The van der Waals surface area contributed by atoms with E-state index in [1.54, 1.807) is 4.90 Å². The van der Waals surface area contributed by atoms with Crippen LogP contribution in [0.4, 0.5) is 4.79 Å². The Hall–Kier alpha value is -1.07. The highest BCUT2D eigenvalue weighted by molar-refractivity contribution is 5.68. The van der Waals surface area contributed by atoms with Crippen LogP contribution >= 0.6 is 0 Å². The summed E-state index contributed by atoms with van der Waals surface area (Å²) in [4.78, 5) is 13.7. The van der Waals surface area contributed by atoms with Crippen LogP contribution in [0.5, 0.6) is 0 Å². The van der Waals surface area contributed by atoms with Crippen molar-refractivity contribution in [2.45, 2.75) is 45.3 Å². The van der Waals surface area contributed by atoms with E-state index >= 15 is 0 Å². The first-order chi connectivity index (χ1) is 9.42. The molecule has 1 rings (SSSR count). The summed E-state index contributed by atoms with van der Waals surface area (Å²) in [6, 6.07) is 0.338. The second-order valence-electron chi connectivity index (χ2n) is 6.06. The lowest BCUT2D eigenvalue weighted by Crippen LogP contribution is -2.39. The highest BCUT2D eigenvalue weighted by atomic mass is 16.6. The minimum absolute atomic E-state index is 0.218. The molecule has 0 radical (unpaired) electrons. The van der Waals surface area contributed by atoms with Crippen LogP contribution in [0.25, 0.3) is 0 Å². The largest absolute Gasteiger partial charge is 0.444 e. The Morgan fingerprint density at radius 3 is 2.85 bits per heavy atom. The van der Waals surface area contributed by atoms with Gasteiger partial charge < -0.3 is 19.7 Å². The molecule has 1 unspecified atom stereocenters. The van der Waals surface area contributed by atoms with Crippen molar-refractivity contribution < 1.29 is 14.3 Å². The third kappa shape index (κ3) is 6.91. The van der Waals surface area contributed by atoms with Gasteiger partial charge in [0.15, 0.2) is 0 Å². The molecule has 0 aromatic rings. The fourth-order valence-corrected chi connectivity index (χ4v) is 2.02. The van der Waals surface area contributed by atoms with Crippen LogP contribution in [0.3, 0.4) is 0 Å². The summed E-state index contributed by atoms with van der Waals surface area (Å²) in [5, 5.41) is 3.41. The molecule has 1 saturated heterocycles. The summed E-state index contributed by atoms with van der Waals surface area (Å²) in [5.41, 5.74) is -0.429. The van der Waals surface area contributed by atoms with Gasteiger partial charge in [0.05, 0.1) is 13.2 Å². The van der Waals surface area contributed by atoms with Crippen molar-refractivity contribution in [2.75, 3.05) is 32.8 Å². The summed E-state index contributed by atoms with van der Waals surface area (Å²) < 4.78 is 10.8. The van der Waals surface area contributed by atoms with Crippen molar-refractivity contribution in [3.8, 4) is 0 Å². The van der Waals surface area contributed by atoms with Gasteiger partial charge in [-0.3, -0.25) is 0 Å². The SMILES string of the molecule is C=CCCOCCNC1CCN(C(=O)OC(C)(C)C)C1. The quantitative estimate of drug-likeness (QED) is 0.575. The van der Waals surface area contributed by atoms with Gasteiger partial charge in [0.25, 0.3) is 0 Å². The molecule has 20 heavy (non-hydrogen) atoms. The minimum Gasteiger partial charge on any atom is -0.444 e. The van der Waals surface area contributed by atoms with Crippen LogP contribution < -0.4 is 5.32 Å². The smallest absolute Gasteiger partial charge is 0.410 e. The van der Waals surface area contributed by atoms with Crippen molar-refractivity contribution in [2.24, 2.45) is 0 Å². The second-order valence-corrected chi connectivity index (χ2v) is 6.06. The van der Waals surface area contributed by atoms with E-state index in [4.69, 9.17) is 9.47 Å². The summed E-state index contributed by atoms with van der Waals surface area (Å²) in [6.45, 7) is 13.0. The Morgan fingerprint density at radius 1 is 1.45 bits per heavy atom. The van der Waals surface area contributed by atoms with Crippen LogP contribution in [0.1, 0.15) is 33.6 Å². The molecule has 5 heteroatoms. The van der Waals surface area contributed by atoms with Crippen LogP contribution in [-0.2, 0) is 9.47 Å². The molecule has 1 aliphatic rings. The van der Waals surface area contributed by atoms with Crippen molar-refractivity contribution in [3.05, 3.63) is 12.7 Å². The topological polar surface area (TPSA) is 50.8 Å². The Morgan fingerprint density at radius 2 is 2.20 bits per heavy atom. The van der Waals surface area contributed by atoms with E-state index in [0.29, 0.717) is 19.2 Å². The Labute approximate surface area is 122 Å². The molecule has 116 valence electrons. The number of carbonyl (C=O) groups is 1. The number of ether oxygens (including phenoxy) is 2. The lowest BCUT2D eigenvalue weighted by atomic mass is 10.2. The van der Waals surface area contributed by atoms with Gasteiger partial charge in [-0.1, -0.05) is 6.08 Å². The number of rotatable bonds is 7. The number of amides is 1. The third-order valence-corrected chi connectivity index (χ3v) is 2.99. The molecule has 1 aliphatic heterocycles. The van der Waals surface area contributed by atoms with E-state index in [0.717, 1.165) is 32.5 Å². The van der Waals surface area contributed by atoms with Crippen LogP contribution in [0, 0.1) is 0 Å². The standard InChI is InChI=1S/C15H28N2O3/c1-5-6-10-19-11-8-16-13-7-9-17(12-13)14(18)20-15(2,3)4/h5,13,16H,1,6-12H2,2-4H3. The highest BCUT2D eigenvalue weighted by Crippen LogP contribution is 2.15. The maximum Gasteiger partial charge on any atom is 0.410 e. The molecule has 1 heterocycles. The maximum atomic E-state index is 11.9. The molecule has 0 bridgehead atoms. The normalized spacial score (nSPS) is 19.1. The number of carbonyl (C=O) groups excluding carboxylic acids is 1. The molecule has 1 N–H and O–H groups in total.